The van der Waals surface area contributed by atoms with Crippen molar-refractivity contribution in [1.29, 1.82) is 0 Å². The maximum Gasteiger partial charge on any atom is 0.348 e. The zero-order valence-corrected chi connectivity index (χ0v) is 17.2. The molecular weight excluding hydrogens is 452 g/mol. The second kappa shape index (κ2) is 7.75. The van der Waals surface area contributed by atoms with Gasteiger partial charge < -0.3 is 4.74 Å². The van der Waals surface area contributed by atoms with Crippen molar-refractivity contribution in [3.8, 4) is 11.1 Å². The van der Waals surface area contributed by atoms with E-state index >= 15 is 0 Å². The Bertz CT molecular complexity index is 1130. The van der Waals surface area contributed by atoms with Crippen LogP contribution >= 0.6 is 27.3 Å². The fourth-order valence-corrected chi connectivity index (χ4v) is 6.28. The van der Waals surface area contributed by atoms with Crippen molar-refractivity contribution in [2.24, 2.45) is 0 Å². The molecule has 0 aliphatic heterocycles. The molecule has 0 radical (unpaired) electrons. The number of hydrogen-bond donors (Lipinski definition) is 0. The van der Waals surface area contributed by atoms with E-state index < -0.39 is 15.8 Å². The third kappa shape index (κ3) is 3.87. The Morgan fingerprint density at radius 3 is 2.41 bits per heavy atom. The zero-order valence-electron chi connectivity index (χ0n) is 14.0. The maximum atomic E-state index is 13.1. The van der Waals surface area contributed by atoms with Crippen LogP contribution in [0.4, 0.5) is 0 Å². The molecule has 1 aromatic heterocycles. The smallest absolute Gasteiger partial charge is 0.348 e. The van der Waals surface area contributed by atoms with Crippen LogP contribution < -0.4 is 0 Å². The lowest BCUT2D eigenvalue weighted by Gasteiger charge is -2.07. The molecule has 3 rings (SSSR count). The molecule has 1 heterocycles. The summed E-state index contributed by atoms with van der Waals surface area (Å²) in [6.07, 6.45) is 0.737. The lowest BCUT2D eigenvalue weighted by Crippen LogP contribution is -2.02. The van der Waals surface area contributed by atoms with Crippen molar-refractivity contribution in [1.82, 2.24) is 0 Å². The van der Waals surface area contributed by atoms with Crippen molar-refractivity contribution < 1.29 is 22.7 Å². The molecule has 0 spiro atoms. The molecule has 0 N–H and O–H groups in total. The Hall–Kier alpha value is -2.29. The van der Waals surface area contributed by atoms with Gasteiger partial charge in [-0.3, -0.25) is 4.79 Å². The molecule has 0 saturated heterocycles. The topological polar surface area (TPSA) is 77.5 Å². The number of rotatable bonds is 5. The number of ether oxygens (including phenoxy) is 1. The van der Waals surface area contributed by atoms with Gasteiger partial charge in [0.05, 0.1) is 20.7 Å². The van der Waals surface area contributed by atoms with Gasteiger partial charge in [0.15, 0.2) is 0 Å². The number of carbonyl (C=O) groups is 2. The van der Waals surface area contributed by atoms with E-state index in [4.69, 9.17) is 0 Å². The van der Waals surface area contributed by atoms with Gasteiger partial charge in [0.2, 0.25) is 9.84 Å². The van der Waals surface area contributed by atoms with E-state index in [9.17, 15) is 18.0 Å². The number of halogens is 1. The quantitative estimate of drug-likeness (QED) is 0.406. The Morgan fingerprint density at radius 2 is 1.74 bits per heavy atom. The Morgan fingerprint density at radius 1 is 1.07 bits per heavy atom. The molecule has 3 aromatic rings. The SMILES string of the molecule is COC(=O)c1cc(S(=O)(=O)c2cccc(-c3cccc(C=O)c3)c2)c(Br)s1. The highest BCUT2D eigenvalue weighted by Gasteiger charge is 2.25. The van der Waals surface area contributed by atoms with E-state index in [1.54, 1.807) is 42.5 Å². The first-order valence-electron chi connectivity index (χ1n) is 7.65. The highest BCUT2D eigenvalue weighted by molar-refractivity contribution is 9.11. The first-order valence-corrected chi connectivity index (χ1v) is 10.7. The number of esters is 1. The van der Waals surface area contributed by atoms with Crippen molar-refractivity contribution in [2.75, 3.05) is 7.11 Å². The lowest BCUT2D eigenvalue weighted by atomic mass is 10.0. The van der Waals surface area contributed by atoms with Crippen LogP contribution in [-0.2, 0) is 14.6 Å². The minimum absolute atomic E-state index is 0.00620. The number of thiophene rings is 1. The van der Waals surface area contributed by atoms with Crippen molar-refractivity contribution in [3.05, 3.63) is 68.8 Å². The van der Waals surface area contributed by atoms with E-state index in [0.29, 0.717) is 14.9 Å². The number of aldehydes is 1. The van der Waals surface area contributed by atoms with Crippen LogP contribution in [0.3, 0.4) is 0 Å². The van der Waals surface area contributed by atoms with Gasteiger partial charge in [0.1, 0.15) is 11.2 Å². The third-order valence-corrected chi connectivity index (χ3v) is 7.82. The predicted molar refractivity (Wildman–Crippen MR) is 106 cm³/mol. The molecule has 0 bridgehead atoms. The van der Waals surface area contributed by atoms with Gasteiger partial charge in [0.25, 0.3) is 0 Å². The fraction of sp³-hybridized carbons (Fsp3) is 0.0526. The van der Waals surface area contributed by atoms with Gasteiger partial charge in [-0.05, 0) is 51.3 Å². The summed E-state index contributed by atoms with van der Waals surface area (Å²) in [6.45, 7) is 0. The van der Waals surface area contributed by atoms with Gasteiger partial charge in [-0.25, -0.2) is 13.2 Å². The minimum Gasteiger partial charge on any atom is -0.465 e. The number of sulfone groups is 1. The molecule has 0 fully saturated rings. The average Bonchev–Trinajstić information content (AvgIpc) is 3.10. The van der Waals surface area contributed by atoms with Crippen LogP contribution in [0.5, 0.6) is 0 Å². The summed E-state index contributed by atoms with van der Waals surface area (Å²) < 4.78 is 31.1. The molecule has 0 atom stereocenters. The number of carbonyl (C=O) groups excluding carboxylic acids is 2. The molecule has 138 valence electrons. The van der Waals surface area contributed by atoms with E-state index in [0.717, 1.165) is 23.2 Å². The summed E-state index contributed by atoms with van der Waals surface area (Å²) in [5.41, 5.74) is 1.90. The number of benzene rings is 2. The second-order valence-corrected chi connectivity index (χ2v) is 9.80. The molecule has 0 unspecified atom stereocenters. The second-order valence-electron chi connectivity index (χ2n) is 5.51. The highest BCUT2D eigenvalue weighted by Crippen LogP contribution is 2.36. The summed E-state index contributed by atoms with van der Waals surface area (Å²) in [5, 5.41) is 0. The van der Waals surface area contributed by atoms with Gasteiger partial charge in [0, 0.05) is 5.56 Å². The molecule has 27 heavy (non-hydrogen) atoms. The van der Waals surface area contributed by atoms with Crippen LogP contribution in [-0.4, -0.2) is 27.8 Å². The molecule has 5 nitrogen and oxygen atoms in total. The molecular formula is C19H13BrO5S2. The summed E-state index contributed by atoms with van der Waals surface area (Å²) >= 11 is 4.22. The maximum absolute atomic E-state index is 13.1. The standard InChI is InChI=1S/C19H13BrO5S2/c1-25-19(22)16-10-17(18(20)26-16)27(23,24)15-7-3-6-14(9-15)13-5-2-4-12(8-13)11-21/h2-11H,1H3. The van der Waals surface area contributed by atoms with E-state index in [1.165, 1.54) is 19.2 Å². The van der Waals surface area contributed by atoms with Gasteiger partial charge in [-0.2, -0.15) is 0 Å². The van der Waals surface area contributed by atoms with Gasteiger partial charge >= 0.3 is 5.97 Å². The molecule has 8 heteroatoms. The van der Waals surface area contributed by atoms with Crippen LogP contribution in [0.2, 0.25) is 0 Å². The predicted octanol–water partition coefficient (Wildman–Crippen LogP) is 4.61. The van der Waals surface area contributed by atoms with Crippen LogP contribution in [0.1, 0.15) is 20.0 Å². The largest absolute Gasteiger partial charge is 0.465 e. The normalized spacial score (nSPS) is 11.2. The Labute approximate surface area is 168 Å². The fourth-order valence-electron chi connectivity index (χ4n) is 2.50. The first kappa shape index (κ1) is 19.5. The van der Waals surface area contributed by atoms with E-state index in [1.807, 2.05) is 0 Å². The number of hydrogen-bond acceptors (Lipinski definition) is 6. The number of methoxy groups -OCH3 is 1. The molecule has 2 aromatic carbocycles. The summed E-state index contributed by atoms with van der Waals surface area (Å²) in [6, 6.07) is 14.6. The molecule has 0 amide bonds. The average molecular weight is 465 g/mol. The van der Waals surface area contributed by atoms with Gasteiger partial charge in [-0.1, -0.05) is 30.3 Å². The van der Waals surface area contributed by atoms with Gasteiger partial charge in [-0.15, -0.1) is 11.3 Å². The van der Waals surface area contributed by atoms with E-state index in [2.05, 4.69) is 20.7 Å². The van der Waals surface area contributed by atoms with Crippen molar-refractivity contribution in [3.63, 3.8) is 0 Å². The molecule has 0 aliphatic carbocycles. The zero-order chi connectivity index (χ0) is 19.6. The molecule has 0 aliphatic rings. The summed E-state index contributed by atoms with van der Waals surface area (Å²) in [7, 11) is -2.61. The Balaban J connectivity index is 2.07. The minimum atomic E-state index is -3.85. The van der Waals surface area contributed by atoms with Crippen molar-refractivity contribution >= 4 is 49.4 Å². The lowest BCUT2D eigenvalue weighted by molar-refractivity contribution is 0.0606. The third-order valence-electron chi connectivity index (χ3n) is 3.83. The van der Waals surface area contributed by atoms with Crippen LogP contribution in [0.25, 0.3) is 11.1 Å². The molecule has 0 saturated carbocycles. The first-order chi connectivity index (χ1) is 12.9. The van der Waals surface area contributed by atoms with Crippen LogP contribution in [0, 0.1) is 0 Å². The monoisotopic (exact) mass is 464 g/mol. The summed E-state index contributed by atoms with van der Waals surface area (Å²) in [5.74, 6) is -0.596. The highest BCUT2D eigenvalue weighted by atomic mass is 79.9. The van der Waals surface area contributed by atoms with E-state index in [-0.39, 0.29) is 14.7 Å². The Kier molecular flexibility index (Phi) is 5.59. The van der Waals surface area contributed by atoms with Crippen LogP contribution in [0.15, 0.2) is 68.2 Å². The van der Waals surface area contributed by atoms with Crippen molar-refractivity contribution in [2.45, 2.75) is 9.79 Å². The summed E-state index contributed by atoms with van der Waals surface area (Å²) in [4.78, 5) is 23.0.